The quantitative estimate of drug-likeness (QED) is 0.890. The molecule has 4 nitrogen and oxygen atoms in total. The fourth-order valence-electron chi connectivity index (χ4n) is 5.13. The zero-order chi connectivity index (χ0) is 18.3. The number of nitrogens with zero attached hydrogens (tertiary/aromatic N) is 2. The van der Waals surface area contributed by atoms with E-state index in [1.807, 2.05) is 25.5 Å². The molecule has 1 heterocycles. The van der Waals surface area contributed by atoms with Crippen LogP contribution in [0.5, 0.6) is 0 Å². The monoisotopic (exact) mass is 351 g/mol. The average molecular weight is 351 g/mol. The van der Waals surface area contributed by atoms with E-state index in [1.54, 1.807) is 0 Å². The lowest BCUT2D eigenvalue weighted by molar-refractivity contribution is -0.127. The number of hydrogen-bond acceptors (Lipinski definition) is 2. The van der Waals surface area contributed by atoms with Crippen LogP contribution in [0.3, 0.4) is 0 Å². The number of amides is 1. The van der Waals surface area contributed by atoms with Crippen LogP contribution in [0.2, 0.25) is 0 Å². The van der Waals surface area contributed by atoms with Gasteiger partial charge < -0.3 is 5.32 Å². The molecule has 2 saturated carbocycles. The predicted molar refractivity (Wildman–Crippen MR) is 103 cm³/mol. The third kappa shape index (κ3) is 3.06. The van der Waals surface area contributed by atoms with Gasteiger partial charge in [0.05, 0.1) is 18.2 Å². The number of rotatable bonds is 5. The van der Waals surface area contributed by atoms with Gasteiger partial charge in [-0.15, -0.1) is 0 Å². The van der Waals surface area contributed by atoms with Gasteiger partial charge in [0.1, 0.15) is 0 Å². The van der Waals surface area contributed by atoms with E-state index >= 15 is 0 Å². The highest BCUT2D eigenvalue weighted by molar-refractivity contribution is 5.79. The van der Waals surface area contributed by atoms with Crippen molar-refractivity contribution in [3.8, 4) is 0 Å². The minimum atomic E-state index is -0.0788. The van der Waals surface area contributed by atoms with Gasteiger partial charge in [0, 0.05) is 17.7 Å². The van der Waals surface area contributed by atoms with Crippen molar-refractivity contribution in [2.45, 2.75) is 58.5 Å². The predicted octanol–water partition coefficient (Wildman–Crippen LogP) is 3.83. The summed E-state index contributed by atoms with van der Waals surface area (Å²) in [5.41, 5.74) is 3.50. The van der Waals surface area contributed by atoms with E-state index in [0.29, 0.717) is 24.4 Å². The minimum absolute atomic E-state index is 0.0788. The van der Waals surface area contributed by atoms with Gasteiger partial charge in [-0.25, -0.2) is 0 Å². The Hall–Kier alpha value is -2.10. The van der Waals surface area contributed by atoms with E-state index in [0.717, 1.165) is 17.3 Å². The summed E-state index contributed by atoms with van der Waals surface area (Å²) in [7, 11) is 0. The van der Waals surface area contributed by atoms with Gasteiger partial charge in [-0.3, -0.25) is 9.48 Å². The molecular weight excluding hydrogens is 322 g/mol. The van der Waals surface area contributed by atoms with Crippen molar-refractivity contribution in [3.05, 3.63) is 53.3 Å². The second-order valence-corrected chi connectivity index (χ2v) is 8.24. The molecule has 2 aromatic rings. The van der Waals surface area contributed by atoms with Gasteiger partial charge >= 0.3 is 0 Å². The largest absolute Gasteiger partial charge is 0.352 e. The van der Waals surface area contributed by atoms with E-state index < -0.39 is 0 Å². The van der Waals surface area contributed by atoms with E-state index in [2.05, 4.69) is 46.8 Å². The average Bonchev–Trinajstić information content (AvgIpc) is 3.16. The van der Waals surface area contributed by atoms with Crippen LogP contribution in [-0.4, -0.2) is 21.7 Å². The molecule has 0 aliphatic heterocycles. The number of hydrogen-bond donors (Lipinski definition) is 1. The van der Waals surface area contributed by atoms with Gasteiger partial charge in [0.25, 0.3) is 0 Å². The van der Waals surface area contributed by atoms with Crippen LogP contribution < -0.4 is 5.32 Å². The molecule has 0 bridgehead atoms. The molecule has 4 heteroatoms. The molecule has 2 aliphatic carbocycles. The Balaban J connectivity index is 1.45. The molecular formula is C22H29N3O. The lowest BCUT2D eigenvalue weighted by atomic mass is 9.59. The van der Waals surface area contributed by atoms with Gasteiger partial charge in [-0.05, 0) is 50.2 Å². The standard InChI is InChI=1S/C22H29N3O/c1-14(13-25-16(3)12-15(2)24-25)22(26)23-21-19-11-7-10-18(19)20(21)17-8-5-4-6-9-17/h4-6,8-9,12,14,18-21H,7,10-11,13H2,1-3H3,(H,23,26)/t14-,18-,19+,20-,21+/m0/s1. The van der Waals surface area contributed by atoms with Crippen molar-refractivity contribution >= 4 is 5.91 Å². The van der Waals surface area contributed by atoms with Crippen molar-refractivity contribution in [1.29, 1.82) is 0 Å². The van der Waals surface area contributed by atoms with Crippen LogP contribution >= 0.6 is 0 Å². The number of carbonyl (C=O) groups is 1. The summed E-state index contributed by atoms with van der Waals surface area (Å²) < 4.78 is 1.95. The third-order valence-electron chi connectivity index (χ3n) is 6.43. The fourth-order valence-corrected chi connectivity index (χ4v) is 5.13. The smallest absolute Gasteiger partial charge is 0.224 e. The second kappa shape index (κ2) is 6.90. The van der Waals surface area contributed by atoms with Crippen LogP contribution in [0.4, 0.5) is 0 Å². The Kier molecular flexibility index (Phi) is 4.60. The van der Waals surface area contributed by atoms with Crippen molar-refractivity contribution in [2.75, 3.05) is 0 Å². The van der Waals surface area contributed by atoms with E-state index in [1.165, 1.54) is 24.8 Å². The minimum Gasteiger partial charge on any atom is -0.352 e. The van der Waals surface area contributed by atoms with E-state index in [9.17, 15) is 4.79 Å². The van der Waals surface area contributed by atoms with Crippen LogP contribution in [0.15, 0.2) is 36.4 Å². The molecule has 2 fully saturated rings. The highest BCUT2D eigenvalue weighted by atomic mass is 16.2. The van der Waals surface area contributed by atoms with Gasteiger partial charge in [-0.2, -0.15) is 5.10 Å². The van der Waals surface area contributed by atoms with Crippen LogP contribution in [0, 0.1) is 31.6 Å². The van der Waals surface area contributed by atoms with Crippen molar-refractivity contribution < 1.29 is 4.79 Å². The Bertz CT molecular complexity index is 782. The van der Waals surface area contributed by atoms with Crippen LogP contribution in [0.1, 0.15) is 49.1 Å². The van der Waals surface area contributed by atoms with Gasteiger partial charge in [-0.1, -0.05) is 43.7 Å². The molecule has 1 amide bonds. The summed E-state index contributed by atoms with van der Waals surface area (Å²) in [5, 5.41) is 7.90. The second-order valence-electron chi connectivity index (χ2n) is 8.24. The summed E-state index contributed by atoms with van der Waals surface area (Å²) in [5.74, 6) is 1.96. The lowest BCUT2D eigenvalue weighted by Gasteiger charge is -2.50. The zero-order valence-corrected chi connectivity index (χ0v) is 16.0. The molecule has 1 aromatic carbocycles. The molecule has 5 atom stereocenters. The molecule has 1 aromatic heterocycles. The maximum atomic E-state index is 12.9. The Morgan fingerprint density at radius 1 is 1.23 bits per heavy atom. The molecule has 138 valence electrons. The molecule has 1 N–H and O–H groups in total. The number of fused-ring (bicyclic) bond motifs is 1. The normalized spacial score (nSPS) is 28.3. The third-order valence-corrected chi connectivity index (χ3v) is 6.43. The molecule has 0 saturated heterocycles. The first-order valence-electron chi connectivity index (χ1n) is 9.91. The number of carbonyl (C=O) groups excluding carboxylic acids is 1. The molecule has 4 rings (SSSR count). The molecule has 0 radical (unpaired) electrons. The van der Waals surface area contributed by atoms with E-state index in [4.69, 9.17) is 0 Å². The first-order chi connectivity index (χ1) is 12.5. The van der Waals surface area contributed by atoms with E-state index in [-0.39, 0.29) is 11.8 Å². The highest BCUT2D eigenvalue weighted by Crippen LogP contribution is 2.55. The van der Waals surface area contributed by atoms with Crippen molar-refractivity contribution in [3.63, 3.8) is 0 Å². The number of benzene rings is 1. The Morgan fingerprint density at radius 2 is 1.96 bits per heavy atom. The summed E-state index contributed by atoms with van der Waals surface area (Å²) >= 11 is 0. The fraction of sp³-hybridized carbons (Fsp3) is 0.545. The summed E-state index contributed by atoms with van der Waals surface area (Å²) in [4.78, 5) is 12.9. The van der Waals surface area contributed by atoms with Crippen LogP contribution in [-0.2, 0) is 11.3 Å². The number of aryl methyl sites for hydroxylation is 2. The maximum absolute atomic E-state index is 12.9. The highest BCUT2D eigenvalue weighted by Gasteiger charge is 2.53. The number of nitrogens with one attached hydrogen (secondary N) is 1. The summed E-state index contributed by atoms with van der Waals surface area (Å²) in [6, 6.07) is 13.1. The molecule has 26 heavy (non-hydrogen) atoms. The van der Waals surface area contributed by atoms with Gasteiger partial charge in [0.2, 0.25) is 5.91 Å². The SMILES string of the molecule is Cc1cc(C)n(C[C@H](C)C(=O)N[C@@H]2[C@@H]3CCC[C@@H]3[C@@H]2c2ccccc2)n1. The number of aromatic nitrogens is 2. The Morgan fingerprint density at radius 3 is 2.65 bits per heavy atom. The summed E-state index contributed by atoms with van der Waals surface area (Å²) in [6.07, 6.45) is 3.86. The Labute approximate surface area is 156 Å². The van der Waals surface area contributed by atoms with Crippen LogP contribution in [0.25, 0.3) is 0 Å². The summed E-state index contributed by atoms with van der Waals surface area (Å²) in [6.45, 7) is 6.69. The van der Waals surface area contributed by atoms with Crippen molar-refractivity contribution in [1.82, 2.24) is 15.1 Å². The van der Waals surface area contributed by atoms with Crippen molar-refractivity contribution in [2.24, 2.45) is 17.8 Å². The molecule has 0 spiro atoms. The first kappa shape index (κ1) is 17.3. The van der Waals surface area contributed by atoms with Gasteiger partial charge in [0.15, 0.2) is 0 Å². The molecule has 0 unspecified atom stereocenters. The zero-order valence-electron chi connectivity index (χ0n) is 16.0. The topological polar surface area (TPSA) is 46.9 Å². The lowest BCUT2D eigenvalue weighted by Crippen LogP contribution is -2.57. The first-order valence-corrected chi connectivity index (χ1v) is 9.91. The maximum Gasteiger partial charge on any atom is 0.224 e. The molecule has 2 aliphatic rings.